The molecule has 33 heavy (non-hydrogen) atoms. The van der Waals surface area contributed by atoms with Gasteiger partial charge in [0.1, 0.15) is 0 Å². The summed E-state index contributed by atoms with van der Waals surface area (Å²) in [6.45, 7) is 39.0. The highest BCUT2D eigenvalue weighted by Gasteiger charge is 2.46. The summed E-state index contributed by atoms with van der Waals surface area (Å²) in [5, 5.41) is 0.319. The standard InChI is InChI=1S/C27H56O3Si3/c1-18-20-24(30-33(16,17)27(9,10)11)22(21-28-31(12,13)25(3,4)5)23(19-2)29-32(14,15)26(6,7)8/h1,19,22-24H,2,20-21H2,3-17H3/t22-,23-,24+/m0/s1. The first-order chi connectivity index (χ1) is 14.4. The van der Waals surface area contributed by atoms with Crippen LogP contribution in [0.2, 0.25) is 54.4 Å². The normalized spacial score (nSPS) is 17.3. The molecule has 6 heteroatoms. The molecule has 0 bridgehead atoms. The molecule has 0 N–H and O–H groups in total. The smallest absolute Gasteiger partial charge is 0.192 e. The van der Waals surface area contributed by atoms with Gasteiger partial charge in [0.15, 0.2) is 25.0 Å². The minimum Gasteiger partial charge on any atom is -0.416 e. The lowest BCUT2D eigenvalue weighted by atomic mass is 9.95. The molecular weight excluding hydrogens is 457 g/mol. The van der Waals surface area contributed by atoms with Crippen LogP contribution in [0, 0.1) is 18.3 Å². The molecule has 0 radical (unpaired) electrons. The molecule has 0 aliphatic carbocycles. The minimum atomic E-state index is -2.05. The van der Waals surface area contributed by atoms with Crippen LogP contribution >= 0.6 is 0 Å². The fourth-order valence-corrected chi connectivity index (χ4v) is 6.43. The minimum absolute atomic E-state index is 0.00377. The third kappa shape index (κ3) is 9.09. The molecule has 0 unspecified atom stereocenters. The first-order valence-electron chi connectivity index (χ1n) is 12.5. The van der Waals surface area contributed by atoms with Gasteiger partial charge in [0.2, 0.25) is 0 Å². The van der Waals surface area contributed by atoms with E-state index in [-0.39, 0.29) is 33.2 Å². The zero-order valence-corrected chi connectivity index (χ0v) is 27.7. The van der Waals surface area contributed by atoms with E-state index in [1.54, 1.807) is 0 Å². The van der Waals surface area contributed by atoms with E-state index in [1.165, 1.54) is 0 Å². The molecule has 0 fully saturated rings. The number of hydrogen-bond donors (Lipinski definition) is 0. The third-order valence-corrected chi connectivity index (χ3v) is 21.9. The maximum absolute atomic E-state index is 6.96. The van der Waals surface area contributed by atoms with Crippen LogP contribution < -0.4 is 0 Å². The number of hydrogen-bond acceptors (Lipinski definition) is 3. The lowest BCUT2D eigenvalue weighted by molar-refractivity contribution is 0.0200. The summed E-state index contributed by atoms with van der Waals surface area (Å²) in [5.74, 6) is 2.89. The topological polar surface area (TPSA) is 27.7 Å². The van der Waals surface area contributed by atoms with E-state index in [4.69, 9.17) is 19.7 Å². The predicted octanol–water partition coefficient (Wildman–Crippen LogP) is 8.61. The van der Waals surface area contributed by atoms with E-state index in [0.717, 1.165) is 0 Å². The van der Waals surface area contributed by atoms with Crippen LogP contribution in [0.3, 0.4) is 0 Å². The van der Waals surface area contributed by atoms with Crippen LogP contribution in [0.4, 0.5) is 0 Å². The van der Waals surface area contributed by atoms with Gasteiger partial charge >= 0.3 is 0 Å². The fraction of sp³-hybridized carbons (Fsp3) is 0.852. The molecule has 0 rings (SSSR count). The fourth-order valence-electron chi connectivity index (χ4n) is 2.71. The highest BCUT2D eigenvalue weighted by atomic mass is 28.4. The second-order valence-electron chi connectivity index (χ2n) is 14.1. The molecule has 0 heterocycles. The molecule has 0 saturated carbocycles. The van der Waals surface area contributed by atoms with Gasteiger partial charge in [0.25, 0.3) is 0 Å². The Kier molecular flexibility index (Phi) is 11.2. The van der Waals surface area contributed by atoms with Gasteiger partial charge in [-0.2, -0.15) is 0 Å². The summed E-state index contributed by atoms with van der Waals surface area (Å²) in [7, 11) is -6.05. The Morgan fingerprint density at radius 1 is 0.758 bits per heavy atom. The largest absolute Gasteiger partial charge is 0.416 e. The van der Waals surface area contributed by atoms with Crippen molar-refractivity contribution < 1.29 is 13.3 Å². The van der Waals surface area contributed by atoms with E-state index in [0.29, 0.717) is 13.0 Å². The van der Waals surface area contributed by atoms with Crippen molar-refractivity contribution in [3.05, 3.63) is 12.7 Å². The quantitative estimate of drug-likeness (QED) is 0.157. The predicted molar refractivity (Wildman–Crippen MR) is 154 cm³/mol. The summed E-state index contributed by atoms with van der Waals surface area (Å²) in [6, 6.07) is 0. The van der Waals surface area contributed by atoms with Gasteiger partial charge in [-0.25, -0.2) is 0 Å². The summed E-state index contributed by atoms with van der Waals surface area (Å²) >= 11 is 0. The molecule has 0 aliphatic heterocycles. The van der Waals surface area contributed by atoms with Crippen LogP contribution in [-0.4, -0.2) is 43.8 Å². The Hall–Kier alpha value is -0.169. The molecule has 0 spiro atoms. The summed E-state index contributed by atoms with van der Waals surface area (Å²) in [6.07, 6.45) is 8.08. The number of terminal acetylenes is 1. The second kappa shape index (κ2) is 11.3. The molecule has 3 atom stereocenters. The molecule has 0 amide bonds. The SMILES string of the molecule is C#CC[C@@H](O[Si](C)(C)C(C)(C)C)[C@@H](CO[Si](C)(C)C(C)(C)C)[C@H](C=C)O[Si](C)(C)C(C)(C)C. The van der Waals surface area contributed by atoms with Crippen molar-refractivity contribution in [2.45, 2.75) is 135 Å². The zero-order chi connectivity index (χ0) is 26.7. The molecule has 0 aromatic rings. The lowest BCUT2D eigenvalue weighted by Gasteiger charge is -2.46. The van der Waals surface area contributed by atoms with Gasteiger partial charge in [0, 0.05) is 18.9 Å². The van der Waals surface area contributed by atoms with E-state index >= 15 is 0 Å². The highest BCUT2D eigenvalue weighted by molar-refractivity contribution is 6.75. The van der Waals surface area contributed by atoms with Gasteiger partial charge in [-0.05, 0) is 54.4 Å². The van der Waals surface area contributed by atoms with Gasteiger partial charge in [-0.3, -0.25) is 0 Å². The first kappa shape index (κ1) is 32.8. The van der Waals surface area contributed by atoms with Crippen molar-refractivity contribution in [3.63, 3.8) is 0 Å². The maximum atomic E-state index is 6.96. The summed E-state index contributed by atoms with van der Waals surface area (Å²) in [5.41, 5.74) is 0. The lowest BCUT2D eigenvalue weighted by Crippen LogP contribution is -2.53. The van der Waals surface area contributed by atoms with Crippen LogP contribution in [-0.2, 0) is 13.3 Å². The summed E-state index contributed by atoms with van der Waals surface area (Å²) < 4.78 is 20.6. The van der Waals surface area contributed by atoms with E-state index in [1.807, 2.05) is 6.08 Å². The van der Waals surface area contributed by atoms with Gasteiger partial charge in [-0.1, -0.05) is 68.4 Å². The Balaban J connectivity index is 6.34. The monoisotopic (exact) mass is 512 g/mol. The van der Waals surface area contributed by atoms with Crippen LogP contribution in [0.25, 0.3) is 0 Å². The van der Waals surface area contributed by atoms with Crippen LogP contribution in [0.1, 0.15) is 68.7 Å². The molecule has 0 aromatic carbocycles. The van der Waals surface area contributed by atoms with Crippen LogP contribution in [0.15, 0.2) is 12.7 Å². The van der Waals surface area contributed by atoms with Crippen molar-refractivity contribution in [2.75, 3.05) is 6.61 Å². The van der Waals surface area contributed by atoms with E-state index < -0.39 is 25.0 Å². The first-order valence-corrected chi connectivity index (χ1v) is 21.2. The number of rotatable bonds is 11. The Bertz CT molecular complexity index is 671. The van der Waals surface area contributed by atoms with Crippen molar-refractivity contribution in [1.82, 2.24) is 0 Å². The molecule has 0 aromatic heterocycles. The maximum Gasteiger partial charge on any atom is 0.192 e. The Labute approximate surface area is 210 Å². The van der Waals surface area contributed by atoms with E-state index in [2.05, 4.69) is 114 Å². The zero-order valence-electron chi connectivity index (χ0n) is 24.7. The van der Waals surface area contributed by atoms with Crippen molar-refractivity contribution in [1.29, 1.82) is 0 Å². The van der Waals surface area contributed by atoms with Crippen molar-refractivity contribution in [3.8, 4) is 12.3 Å². The highest BCUT2D eigenvalue weighted by Crippen LogP contribution is 2.42. The van der Waals surface area contributed by atoms with Crippen molar-refractivity contribution >= 4 is 25.0 Å². The average molecular weight is 513 g/mol. The molecule has 0 saturated heterocycles. The molecular formula is C27H56O3Si3. The Morgan fingerprint density at radius 2 is 1.15 bits per heavy atom. The molecule has 0 aliphatic rings. The van der Waals surface area contributed by atoms with Gasteiger partial charge in [0.05, 0.1) is 12.2 Å². The molecule has 3 nitrogen and oxygen atoms in total. The third-order valence-electron chi connectivity index (χ3n) is 8.38. The summed E-state index contributed by atoms with van der Waals surface area (Å²) in [4.78, 5) is 0. The average Bonchev–Trinajstić information content (AvgIpc) is 2.57. The second-order valence-corrected chi connectivity index (χ2v) is 28.5. The van der Waals surface area contributed by atoms with Crippen molar-refractivity contribution in [2.24, 2.45) is 5.92 Å². The Morgan fingerprint density at radius 3 is 1.48 bits per heavy atom. The van der Waals surface area contributed by atoms with Crippen LogP contribution in [0.5, 0.6) is 0 Å². The molecule has 194 valence electrons. The van der Waals surface area contributed by atoms with E-state index in [9.17, 15) is 0 Å². The van der Waals surface area contributed by atoms with Gasteiger partial charge < -0.3 is 13.3 Å². The van der Waals surface area contributed by atoms with Gasteiger partial charge in [-0.15, -0.1) is 18.9 Å².